The number of benzene rings is 2. The predicted octanol–water partition coefficient (Wildman–Crippen LogP) is 3.86. The van der Waals surface area contributed by atoms with Crippen molar-refractivity contribution < 1.29 is 9.53 Å². The molecule has 0 saturated carbocycles. The zero-order valence-corrected chi connectivity index (χ0v) is 14.4. The van der Waals surface area contributed by atoms with E-state index in [9.17, 15) is 4.79 Å². The molecule has 4 rings (SSSR count). The topological polar surface area (TPSA) is 54.5 Å². The first-order valence-corrected chi connectivity index (χ1v) is 8.45. The van der Waals surface area contributed by atoms with Crippen LogP contribution in [0.25, 0.3) is 0 Å². The molecular weight excluding hydrogens is 326 g/mol. The van der Waals surface area contributed by atoms with Crippen LogP contribution < -0.4 is 10.1 Å². The van der Waals surface area contributed by atoms with Crippen LogP contribution in [0, 0.1) is 0 Å². The number of carbonyl (C=O) groups excluding carboxylic acids is 1. The average molecular weight is 345 g/mol. The number of ether oxygens (including phenoxy) is 1. The molecule has 0 fully saturated rings. The maximum atomic E-state index is 13.2. The van der Waals surface area contributed by atoms with Crippen LogP contribution in [0.2, 0.25) is 0 Å². The number of anilines is 1. The van der Waals surface area contributed by atoms with Crippen LogP contribution >= 0.6 is 0 Å². The van der Waals surface area contributed by atoms with Crippen molar-refractivity contribution in [2.24, 2.45) is 0 Å². The Balaban J connectivity index is 1.76. The molecule has 130 valence electrons. The van der Waals surface area contributed by atoms with Crippen LogP contribution in [0.3, 0.4) is 0 Å². The Bertz CT molecular complexity index is 927. The van der Waals surface area contributed by atoms with Crippen molar-refractivity contribution in [3.63, 3.8) is 0 Å². The molecule has 2 aromatic carbocycles. The van der Waals surface area contributed by atoms with E-state index in [1.807, 2.05) is 65.6 Å². The van der Waals surface area contributed by atoms with Gasteiger partial charge < -0.3 is 15.0 Å². The first-order valence-electron chi connectivity index (χ1n) is 8.45. The molecule has 1 aromatic heterocycles. The van der Waals surface area contributed by atoms with Gasteiger partial charge in [0.2, 0.25) is 0 Å². The maximum absolute atomic E-state index is 13.2. The largest absolute Gasteiger partial charge is 0.497 e. The van der Waals surface area contributed by atoms with Gasteiger partial charge in [0, 0.05) is 24.6 Å². The highest BCUT2D eigenvalue weighted by Gasteiger charge is 2.32. The molecule has 1 N–H and O–H groups in total. The first-order chi connectivity index (χ1) is 12.8. The van der Waals surface area contributed by atoms with E-state index in [4.69, 9.17) is 4.74 Å². The second-order valence-corrected chi connectivity index (χ2v) is 6.16. The van der Waals surface area contributed by atoms with E-state index in [-0.39, 0.29) is 12.1 Å². The minimum Gasteiger partial charge on any atom is -0.497 e. The molecule has 0 aliphatic carbocycles. The molecule has 0 spiro atoms. The molecule has 5 heteroatoms. The zero-order chi connectivity index (χ0) is 17.9. The van der Waals surface area contributed by atoms with Crippen molar-refractivity contribution in [1.82, 2.24) is 9.88 Å². The second kappa shape index (κ2) is 6.88. The van der Waals surface area contributed by atoms with E-state index in [1.165, 1.54) is 0 Å². The van der Waals surface area contributed by atoms with Crippen molar-refractivity contribution in [2.45, 2.75) is 12.7 Å². The number of rotatable bonds is 4. The van der Waals surface area contributed by atoms with Crippen molar-refractivity contribution in [3.8, 4) is 5.75 Å². The number of para-hydroxylation sites is 1. The highest BCUT2D eigenvalue weighted by atomic mass is 16.5. The third-order valence-corrected chi connectivity index (χ3v) is 4.51. The SMILES string of the molecule is COc1cccc(C2Nc3ccccc3C(=O)N2Cc2cccnc2)c1. The van der Waals surface area contributed by atoms with Crippen LogP contribution in [0.1, 0.15) is 27.7 Å². The third kappa shape index (κ3) is 2.99. The van der Waals surface area contributed by atoms with E-state index in [0.717, 1.165) is 22.6 Å². The lowest BCUT2D eigenvalue weighted by atomic mass is 10.0. The fourth-order valence-electron chi connectivity index (χ4n) is 3.22. The summed E-state index contributed by atoms with van der Waals surface area (Å²) in [5.41, 5.74) is 3.47. The normalized spacial score (nSPS) is 16.0. The number of carbonyl (C=O) groups is 1. The molecule has 1 aliphatic heterocycles. The van der Waals surface area contributed by atoms with Gasteiger partial charge in [-0.15, -0.1) is 0 Å². The summed E-state index contributed by atoms with van der Waals surface area (Å²) in [6, 6.07) is 19.2. The van der Waals surface area contributed by atoms with Crippen LogP contribution in [-0.2, 0) is 6.54 Å². The number of fused-ring (bicyclic) bond motifs is 1. The molecular formula is C21H19N3O2. The van der Waals surface area contributed by atoms with Gasteiger partial charge in [0.15, 0.2) is 0 Å². The summed E-state index contributed by atoms with van der Waals surface area (Å²) in [6.45, 7) is 0.468. The highest BCUT2D eigenvalue weighted by Crippen LogP contribution is 2.35. The number of aromatic nitrogens is 1. The number of nitrogens with zero attached hydrogens (tertiary/aromatic N) is 2. The predicted molar refractivity (Wildman–Crippen MR) is 99.9 cm³/mol. The van der Waals surface area contributed by atoms with Gasteiger partial charge in [-0.2, -0.15) is 0 Å². The summed E-state index contributed by atoms with van der Waals surface area (Å²) in [4.78, 5) is 19.2. The first kappa shape index (κ1) is 16.1. The van der Waals surface area contributed by atoms with Gasteiger partial charge >= 0.3 is 0 Å². The Morgan fingerprint density at radius 1 is 1.12 bits per heavy atom. The standard InChI is InChI=1S/C21H19N3O2/c1-26-17-8-4-7-16(12-17)20-23-19-10-3-2-9-18(19)21(25)24(20)14-15-6-5-11-22-13-15/h2-13,20,23H,14H2,1H3. The molecule has 5 nitrogen and oxygen atoms in total. The molecule has 3 aromatic rings. The molecule has 1 aliphatic rings. The quantitative estimate of drug-likeness (QED) is 0.780. The number of hydrogen-bond acceptors (Lipinski definition) is 4. The van der Waals surface area contributed by atoms with Gasteiger partial charge in [-0.3, -0.25) is 9.78 Å². The van der Waals surface area contributed by atoms with Crippen molar-refractivity contribution in [3.05, 3.63) is 89.7 Å². The van der Waals surface area contributed by atoms with E-state index in [1.54, 1.807) is 19.5 Å². The molecule has 1 unspecified atom stereocenters. The summed E-state index contributed by atoms with van der Waals surface area (Å²) in [6.07, 6.45) is 3.23. The number of amides is 1. The molecule has 1 amide bonds. The zero-order valence-electron chi connectivity index (χ0n) is 14.4. The van der Waals surface area contributed by atoms with E-state index in [0.29, 0.717) is 12.1 Å². The lowest BCUT2D eigenvalue weighted by molar-refractivity contribution is 0.0666. The van der Waals surface area contributed by atoms with Crippen molar-refractivity contribution in [1.29, 1.82) is 0 Å². The van der Waals surface area contributed by atoms with Gasteiger partial charge in [0.1, 0.15) is 11.9 Å². The monoisotopic (exact) mass is 345 g/mol. The fraction of sp³-hybridized carbons (Fsp3) is 0.143. The van der Waals surface area contributed by atoms with Crippen LogP contribution in [0.15, 0.2) is 73.1 Å². The molecule has 26 heavy (non-hydrogen) atoms. The molecule has 0 bridgehead atoms. The Labute approximate surface area is 152 Å². The smallest absolute Gasteiger partial charge is 0.258 e. The Morgan fingerprint density at radius 3 is 2.81 bits per heavy atom. The van der Waals surface area contributed by atoms with Gasteiger partial charge in [-0.1, -0.05) is 30.3 Å². The van der Waals surface area contributed by atoms with E-state index >= 15 is 0 Å². The summed E-state index contributed by atoms with van der Waals surface area (Å²) in [5, 5.41) is 3.49. The Morgan fingerprint density at radius 2 is 2.00 bits per heavy atom. The Hall–Kier alpha value is -3.34. The van der Waals surface area contributed by atoms with Crippen LogP contribution in [-0.4, -0.2) is 22.9 Å². The fourth-order valence-corrected chi connectivity index (χ4v) is 3.22. The Kier molecular flexibility index (Phi) is 4.27. The number of nitrogens with one attached hydrogen (secondary N) is 1. The summed E-state index contributed by atoms with van der Waals surface area (Å²) in [7, 11) is 1.64. The molecule has 2 heterocycles. The van der Waals surface area contributed by atoms with Crippen molar-refractivity contribution >= 4 is 11.6 Å². The summed E-state index contributed by atoms with van der Waals surface area (Å²) < 4.78 is 5.35. The number of hydrogen-bond donors (Lipinski definition) is 1. The lowest BCUT2D eigenvalue weighted by Gasteiger charge is -2.38. The van der Waals surface area contributed by atoms with Gasteiger partial charge in [0.05, 0.1) is 12.7 Å². The average Bonchev–Trinajstić information content (AvgIpc) is 2.71. The number of pyridine rings is 1. The highest BCUT2D eigenvalue weighted by molar-refractivity contribution is 6.01. The minimum absolute atomic E-state index is 0.00368. The van der Waals surface area contributed by atoms with Crippen molar-refractivity contribution in [2.75, 3.05) is 12.4 Å². The lowest BCUT2D eigenvalue weighted by Crippen LogP contribution is -2.42. The van der Waals surface area contributed by atoms with E-state index < -0.39 is 0 Å². The maximum Gasteiger partial charge on any atom is 0.258 e. The summed E-state index contributed by atoms with van der Waals surface area (Å²) in [5.74, 6) is 0.757. The molecule has 0 radical (unpaired) electrons. The number of methoxy groups -OCH3 is 1. The molecule has 1 atom stereocenters. The van der Waals surface area contributed by atoms with Crippen LogP contribution in [0.5, 0.6) is 5.75 Å². The van der Waals surface area contributed by atoms with E-state index in [2.05, 4.69) is 10.3 Å². The second-order valence-electron chi connectivity index (χ2n) is 6.16. The minimum atomic E-state index is -0.285. The molecule has 0 saturated heterocycles. The van der Waals surface area contributed by atoms with Gasteiger partial charge in [-0.05, 0) is 41.5 Å². The summed E-state index contributed by atoms with van der Waals surface area (Å²) >= 11 is 0. The van der Waals surface area contributed by atoms with Gasteiger partial charge in [-0.25, -0.2) is 0 Å². The third-order valence-electron chi connectivity index (χ3n) is 4.51. The van der Waals surface area contributed by atoms with Gasteiger partial charge in [0.25, 0.3) is 5.91 Å². The van der Waals surface area contributed by atoms with Crippen LogP contribution in [0.4, 0.5) is 5.69 Å².